The number of unbranched alkanes of at least 4 members (excludes halogenated alkanes) is 5. The Morgan fingerprint density at radius 2 is 0.973 bits per heavy atom. The zero-order valence-corrected chi connectivity index (χ0v) is 32.6. The molecule has 0 aromatic rings. The fourth-order valence-corrected chi connectivity index (χ4v) is 7.10. The normalized spacial score (nSPS) is 24.0. The highest BCUT2D eigenvalue weighted by Gasteiger charge is 2.30. The van der Waals surface area contributed by atoms with Crippen molar-refractivity contribution in [1.29, 1.82) is 0 Å². The van der Waals surface area contributed by atoms with Gasteiger partial charge in [0.15, 0.2) is 0 Å². The van der Waals surface area contributed by atoms with E-state index in [1.165, 1.54) is 127 Å². The summed E-state index contributed by atoms with van der Waals surface area (Å²) in [5, 5.41) is 0. The molecule has 2 aliphatic rings. The number of rotatable bonds is 10. The van der Waals surface area contributed by atoms with Crippen LogP contribution in [0, 0.1) is 29.1 Å². The van der Waals surface area contributed by atoms with Crippen LogP contribution in [0.2, 0.25) is 0 Å². The van der Waals surface area contributed by atoms with E-state index >= 15 is 0 Å². The Kier molecular flexibility index (Phi) is 38.5. The Labute approximate surface area is 250 Å². The molecule has 0 nitrogen and oxygen atoms in total. The standard InChI is InChI=1S/C10H21P.C8H17P.2C5H13P.C4H11P/c1-8-4-9(7-11)6-10(2,3)5-8;1-7-2-4-8(6-9)5-3-7;2*1-2-3-4-5-6;1-2-3-4-5/h8-9H,4-7,11H2,1-3H3;7-8H,2-6,9H2,1H3;2*2-6H2,1H3;2-5H2,1H3. The van der Waals surface area contributed by atoms with E-state index in [4.69, 9.17) is 0 Å². The van der Waals surface area contributed by atoms with Crippen molar-refractivity contribution < 1.29 is 0 Å². The van der Waals surface area contributed by atoms with E-state index in [2.05, 4.69) is 94.7 Å². The van der Waals surface area contributed by atoms with Gasteiger partial charge in [0.2, 0.25) is 0 Å². The van der Waals surface area contributed by atoms with Crippen molar-refractivity contribution in [1.82, 2.24) is 0 Å². The molecule has 228 valence electrons. The summed E-state index contributed by atoms with van der Waals surface area (Å²) in [5.74, 6) is 3.96. The molecule has 0 N–H and O–H groups in total. The number of hydrogen-bond acceptors (Lipinski definition) is 0. The van der Waals surface area contributed by atoms with Crippen molar-refractivity contribution in [3.05, 3.63) is 0 Å². The molecule has 0 amide bonds. The van der Waals surface area contributed by atoms with Crippen molar-refractivity contribution in [3.8, 4) is 0 Å². The molecule has 2 fully saturated rings. The van der Waals surface area contributed by atoms with E-state index in [1.54, 1.807) is 0 Å². The maximum absolute atomic E-state index is 2.89. The molecule has 2 aliphatic carbocycles. The quantitative estimate of drug-likeness (QED) is 0.170. The van der Waals surface area contributed by atoms with Crippen LogP contribution in [0.4, 0.5) is 0 Å². The van der Waals surface area contributed by atoms with E-state index in [0.717, 1.165) is 23.7 Å². The van der Waals surface area contributed by atoms with E-state index < -0.39 is 0 Å². The second-order valence-corrected chi connectivity index (χ2v) is 15.2. The van der Waals surface area contributed by atoms with Crippen LogP contribution in [0.5, 0.6) is 0 Å². The molecule has 0 aliphatic heterocycles. The molecule has 0 bridgehead atoms. The monoisotopic (exact) mass is 614 g/mol. The average molecular weight is 615 g/mol. The molecule has 0 spiro atoms. The van der Waals surface area contributed by atoms with Gasteiger partial charge in [0, 0.05) is 0 Å². The molecule has 5 heteroatoms. The zero-order chi connectivity index (χ0) is 29.0. The Morgan fingerprint density at radius 1 is 0.541 bits per heavy atom. The summed E-state index contributed by atoms with van der Waals surface area (Å²) < 4.78 is 0. The van der Waals surface area contributed by atoms with Crippen LogP contribution < -0.4 is 0 Å². The lowest BCUT2D eigenvalue weighted by atomic mass is 9.68. The van der Waals surface area contributed by atoms with Crippen molar-refractivity contribution in [2.75, 3.05) is 30.8 Å². The largest absolute Gasteiger partial charge is 0.138 e. The highest BCUT2D eigenvalue weighted by atomic mass is 31.0. The summed E-state index contributed by atoms with van der Waals surface area (Å²) >= 11 is 0. The minimum atomic E-state index is 0.610. The van der Waals surface area contributed by atoms with Gasteiger partial charge in [-0.2, -0.15) is 0 Å². The lowest BCUT2D eigenvalue weighted by molar-refractivity contribution is 0.145. The van der Waals surface area contributed by atoms with Gasteiger partial charge in [0.05, 0.1) is 0 Å². The first-order valence-corrected chi connectivity index (χ1v) is 20.2. The van der Waals surface area contributed by atoms with Crippen LogP contribution in [0.25, 0.3) is 0 Å². The molecule has 2 saturated carbocycles. The predicted octanol–water partition coefficient (Wildman–Crippen LogP) is 11.8. The summed E-state index contributed by atoms with van der Waals surface area (Å²) in [4.78, 5) is 0. The fourth-order valence-electron chi connectivity index (χ4n) is 5.28. The smallest absolute Gasteiger partial charge is 0.0349 e. The molecule has 2 rings (SSSR count). The Balaban J connectivity index is -0.000000405. The minimum absolute atomic E-state index is 0.610. The first kappa shape index (κ1) is 43.6. The third-order valence-corrected chi connectivity index (χ3v) is 10.0. The van der Waals surface area contributed by atoms with E-state index in [-0.39, 0.29) is 0 Å². The molecular weight excluding hydrogens is 539 g/mol. The van der Waals surface area contributed by atoms with Crippen LogP contribution in [0.3, 0.4) is 0 Å². The molecule has 0 aromatic carbocycles. The highest BCUT2D eigenvalue weighted by molar-refractivity contribution is 7.17. The van der Waals surface area contributed by atoms with Crippen molar-refractivity contribution in [2.24, 2.45) is 29.1 Å². The van der Waals surface area contributed by atoms with Crippen LogP contribution in [0.15, 0.2) is 0 Å². The SMILES string of the molecule is CC1CC(CP)CC(C)(C)C1.CC1CCC(CP)CC1.CCCCCP.CCCCCP.CCCCP. The molecule has 0 radical (unpaired) electrons. The predicted molar refractivity (Wildman–Crippen MR) is 198 cm³/mol. The maximum Gasteiger partial charge on any atom is -0.0349 e. The van der Waals surface area contributed by atoms with Crippen LogP contribution in [0.1, 0.15) is 145 Å². The van der Waals surface area contributed by atoms with Gasteiger partial charge in [0.1, 0.15) is 0 Å². The third kappa shape index (κ3) is 34.3. The third-order valence-electron chi connectivity index (χ3n) is 7.45. The summed E-state index contributed by atoms with van der Waals surface area (Å²) in [6.07, 6.45) is 27.5. The summed E-state index contributed by atoms with van der Waals surface area (Å²) in [6, 6.07) is 0. The topological polar surface area (TPSA) is 0 Å². The highest BCUT2D eigenvalue weighted by Crippen LogP contribution is 2.42. The molecule has 0 aromatic heterocycles. The van der Waals surface area contributed by atoms with E-state index in [1.807, 2.05) is 0 Å². The van der Waals surface area contributed by atoms with E-state index in [9.17, 15) is 0 Å². The summed E-state index contributed by atoms with van der Waals surface area (Å²) in [6.45, 7) is 16.2. The minimum Gasteiger partial charge on any atom is -0.138 e. The van der Waals surface area contributed by atoms with Crippen molar-refractivity contribution >= 4 is 46.2 Å². The Morgan fingerprint density at radius 3 is 1.24 bits per heavy atom. The van der Waals surface area contributed by atoms with Gasteiger partial charge < -0.3 is 0 Å². The van der Waals surface area contributed by atoms with Gasteiger partial charge in [-0.3, -0.25) is 0 Å². The molecule has 7 unspecified atom stereocenters. The summed E-state index contributed by atoms with van der Waals surface area (Å²) in [5.41, 5.74) is 0.610. The molecule has 0 saturated heterocycles. The van der Waals surface area contributed by atoms with Gasteiger partial charge in [-0.05, 0) is 105 Å². The zero-order valence-electron chi connectivity index (χ0n) is 26.8. The van der Waals surface area contributed by atoms with Gasteiger partial charge in [-0.1, -0.05) is 99.8 Å². The van der Waals surface area contributed by atoms with Crippen molar-refractivity contribution in [2.45, 2.75) is 145 Å². The van der Waals surface area contributed by atoms with Crippen molar-refractivity contribution in [3.63, 3.8) is 0 Å². The van der Waals surface area contributed by atoms with Crippen LogP contribution >= 0.6 is 46.2 Å². The molecular formula is C32H75P5. The second-order valence-electron chi connectivity index (χ2n) is 12.5. The van der Waals surface area contributed by atoms with Gasteiger partial charge >= 0.3 is 0 Å². The second kappa shape index (κ2) is 32.7. The van der Waals surface area contributed by atoms with Crippen LogP contribution in [-0.2, 0) is 0 Å². The van der Waals surface area contributed by atoms with Gasteiger partial charge in [0.25, 0.3) is 0 Å². The lowest BCUT2D eigenvalue weighted by Crippen LogP contribution is -2.28. The Bertz CT molecular complexity index is 390. The summed E-state index contributed by atoms with van der Waals surface area (Å²) in [7, 11) is 13.9. The molecule has 37 heavy (non-hydrogen) atoms. The fraction of sp³-hybridized carbons (Fsp3) is 1.00. The van der Waals surface area contributed by atoms with Gasteiger partial charge in [-0.15, -0.1) is 46.2 Å². The molecule has 7 atom stereocenters. The van der Waals surface area contributed by atoms with Crippen LogP contribution in [-0.4, -0.2) is 30.8 Å². The molecule has 0 heterocycles. The lowest BCUT2D eigenvalue weighted by Gasteiger charge is -2.38. The Hall–Kier alpha value is 2.15. The van der Waals surface area contributed by atoms with E-state index in [0.29, 0.717) is 5.41 Å². The van der Waals surface area contributed by atoms with Gasteiger partial charge in [-0.25, -0.2) is 0 Å². The first-order chi connectivity index (χ1) is 17.6. The maximum atomic E-state index is 2.89. The average Bonchev–Trinajstić information content (AvgIpc) is 2.87. The number of hydrogen-bond donors (Lipinski definition) is 0. The first-order valence-electron chi connectivity index (χ1n) is 16.1.